The second-order valence-electron chi connectivity index (χ2n) is 4.96. The molecule has 1 aromatic rings. The van der Waals surface area contributed by atoms with Crippen molar-refractivity contribution < 1.29 is 9.53 Å². The molecule has 23 heavy (non-hydrogen) atoms. The predicted molar refractivity (Wildman–Crippen MR) is 105 cm³/mol. The molecular formula is C17H28IN3O2. The van der Waals surface area contributed by atoms with Crippen molar-refractivity contribution in [2.75, 3.05) is 26.7 Å². The Labute approximate surface area is 156 Å². The first kappa shape index (κ1) is 21.7. The van der Waals surface area contributed by atoms with Gasteiger partial charge in [0.05, 0.1) is 7.11 Å². The smallest absolute Gasteiger partial charge is 0.305 e. The molecule has 1 rings (SSSR count). The number of halogens is 1. The largest absolute Gasteiger partial charge is 0.469 e. The molecule has 2 N–H and O–H groups in total. The molecule has 6 heteroatoms. The van der Waals surface area contributed by atoms with Crippen LogP contribution in [-0.2, 0) is 16.0 Å². The number of hydrogen-bond donors (Lipinski definition) is 2. The molecule has 0 aliphatic rings. The second-order valence-corrected chi connectivity index (χ2v) is 4.96. The standard InChI is InChI=1S/C17H27N3O2.HI/c1-3-18-17(19-13-8-7-11-16(21)22-2)20-14-12-15-9-5-4-6-10-15;/h4-6,9-10H,3,7-8,11-14H2,1-2H3,(H2,18,19,20);1H. The Morgan fingerprint density at radius 2 is 1.91 bits per heavy atom. The van der Waals surface area contributed by atoms with Crippen LogP contribution in [0.4, 0.5) is 0 Å². The molecule has 130 valence electrons. The molecule has 0 aromatic heterocycles. The van der Waals surface area contributed by atoms with Gasteiger partial charge in [-0.3, -0.25) is 9.79 Å². The second kappa shape index (κ2) is 14.3. The normalized spacial score (nSPS) is 10.6. The van der Waals surface area contributed by atoms with Gasteiger partial charge in [-0.1, -0.05) is 30.3 Å². The number of unbranched alkanes of at least 4 members (excludes halogenated alkanes) is 1. The lowest BCUT2D eigenvalue weighted by atomic mass is 10.1. The molecule has 0 bridgehead atoms. The van der Waals surface area contributed by atoms with Crippen LogP contribution in [0.3, 0.4) is 0 Å². The van der Waals surface area contributed by atoms with E-state index in [2.05, 4.69) is 44.6 Å². The van der Waals surface area contributed by atoms with Gasteiger partial charge in [-0.15, -0.1) is 24.0 Å². The molecule has 0 heterocycles. The van der Waals surface area contributed by atoms with Crippen molar-refractivity contribution in [3.05, 3.63) is 35.9 Å². The number of esters is 1. The average molecular weight is 433 g/mol. The number of aliphatic imine (C=N–C) groups is 1. The van der Waals surface area contributed by atoms with Crippen molar-refractivity contribution in [1.82, 2.24) is 10.6 Å². The van der Waals surface area contributed by atoms with E-state index >= 15 is 0 Å². The lowest BCUT2D eigenvalue weighted by Crippen LogP contribution is -2.38. The summed E-state index contributed by atoms with van der Waals surface area (Å²) in [7, 11) is 1.42. The van der Waals surface area contributed by atoms with E-state index < -0.39 is 0 Å². The summed E-state index contributed by atoms with van der Waals surface area (Å²) in [5.74, 6) is 0.674. The van der Waals surface area contributed by atoms with Gasteiger partial charge < -0.3 is 15.4 Å². The average Bonchev–Trinajstić information content (AvgIpc) is 2.55. The first-order valence-electron chi connectivity index (χ1n) is 7.89. The SMILES string of the molecule is CCNC(=NCCCCC(=O)OC)NCCc1ccccc1.I. The van der Waals surface area contributed by atoms with Gasteiger partial charge in [0, 0.05) is 26.1 Å². The van der Waals surface area contributed by atoms with Gasteiger partial charge in [0.25, 0.3) is 0 Å². The summed E-state index contributed by atoms with van der Waals surface area (Å²) < 4.78 is 4.61. The number of nitrogens with one attached hydrogen (secondary N) is 2. The number of rotatable bonds is 9. The maximum atomic E-state index is 11.0. The number of carbonyl (C=O) groups excluding carboxylic acids is 1. The van der Waals surface area contributed by atoms with Crippen LogP contribution in [0.15, 0.2) is 35.3 Å². The van der Waals surface area contributed by atoms with Gasteiger partial charge in [-0.05, 0) is 31.7 Å². The number of carbonyl (C=O) groups is 1. The summed E-state index contributed by atoms with van der Waals surface area (Å²) in [6.45, 7) is 4.43. The molecule has 0 unspecified atom stereocenters. The minimum absolute atomic E-state index is 0. The molecule has 0 spiro atoms. The van der Waals surface area contributed by atoms with Gasteiger partial charge in [0.15, 0.2) is 5.96 Å². The Balaban J connectivity index is 0.00000484. The Morgan fingerprint density at radius 3 is 2.57 bits per heavy atom. The van der Waals surface area contributed by atoms with Crippen molar-refractivity contribution in [3.63, 3.8) is 0 Å². The van der Waals surface area contributed by atoms with E-state index in [0.717, 1.165) is 38.3 Å². The highest BCUT2D eigenvalue weighted by Gasteiger charge is 2.00. The van der Waals surface area contributed by atoms with Gasteiger partial charge in [0.2, 0.25) is 0 Å². The minimum Gasteiger partial charge on any atom is -0.469 e. The van der Waals surface area contributed by atoms with Crippen LogP contribution in [0.5, 0.6) is 0 Å². The van der Waals surface area contributed by atoms with E-state index in [4.69, 9.17) is 0 Å². The molecule has 0 saturated heterocycles. The number of methoxy groups -OCH3 is 1. The molecule has 0 atom stereocenters. The summed E-state index contributed by atoms with van der Waals surface area (Å²) in [6, 6.07) is 10.4. The Bertz CT molecular complexity index is 452. The van der Waals surface area contributed by atoms with E-state index in [1.54, 1.807) is 0 Å². The highest BCUT2D eigenvalue weighted by molar-refractivity contribution is 14.0. The van der Waals surface area contributed by atoms with Crippen LogP contribution in [-0.4, -0.2) is 38.7 Å². The third-order valence-electron chi connectivity index (χ3n) is 3.18. The number of benzene rings is 1. The molecule has 0 saturated carbocycles. The van der Waals surface area contributed by atoms with Crippen molar-refractivity contribution in [3.8, 4) is 0 Å². The van der Waals surface area contributed by atoms with Crippen molar-refractivity contribution in [2.24, 2.45) is 4.99 Å². The molecule has 0 aliphatic heterocycles. The van der Waals surface area contributed by atoms with Crippen LogP contribution < -0.4 is 10.6 Å². The Kier molecular flexibility index (Phi) is 13.5. The molecule has 5 nitrogen and oxygen atoms in total. The predicted octanol–water partition coefficient (Wildman–Crippen LogP) is 2.75. The van der Waals surface area contributed by atoms with Gasteiger partial charge in [-0.25, -0.2) is 0 Å². The summed E-state index contributed by atoms with van der Waals surface area (Å²) in [5.41, 5.74) is 1.31. The fraction of sp³-hybridized carbons (Fsp3) is 0.529. The molecule has 0 aliphatic carbocycles. The number of guanidine groups is 1. The zero-order valence-electron chi connectivity index (χ0n) is 14.0. The first-order chi connectivity index (χ1) is 10.8. The molecule has 0 amide bonds. The summed E-state index contributed by atoms with van der Waals surface area (Å²) in [4.78, 5) is 15.5. The zero-order chi connectivity index (χ0) is 16.0. The number of ether oxygens (including phenoxy) is 1. The lowest BCUT2D eigenvalue weighted by molar-refractivity contribution is -0.140. The van der Waals surface area contributed by atoms with Gasteiger partial charge in [0.1, 0.15) is 0 Å². The quantitative estimate of drug-likeness (QED) is 0.207. The summed E-state index contributed by atoms with van der Waals surface area (Å²) in [6.07, 6.45) is 3.11. The fourth-order valence-electron chi connectivity index (χ4n) is 1.99. The fourth-order valence-corrected chi connectivity index (χ4v) is 1.99. The van der Waals surface area contributed by atoms with E-state index in [1.807, 2.05) is 13.0 Å². The third-order valence-corrected chi connectivity index (χ3v) is 3.18. The van der Waals surface area contributed by atoms with E-state index in [0.29, 0.717) is 13.0 Å². The van der Waals surface area contributed by atoms with Crippen molar-refractivity contribution >= 4 is 35.9 Å². The first-order valence-corrected chi connectivity index (χ1v) is 7.89. The van der Waals surface area contributed by atoms with Crippen LogP contribution in [0.2, 0.25) is 0 Å². The molecule has 0 radical (unpaired) electrons. The van der Waals surface area contributed by atoms with E-state index in [-0.39, 0.29) is 29.9 Å². The Hall–Kier alpha value is -1.31. The highest BCUT2D eigenvalue weighted by atomic mass is 127. The zero-order valence-corrected chi connectivity index (χ0v) is 16.3. The van der Waals surface area contributed by atoms with E-state index in [9.17, 15) is 4.79 Å². The highest BCUT2D eigenvalue weighted by Crippen LogP contribution is 1.99. The van der Waals surface area contributed by atoms with Crippen molar-refractivity contribution in [2.45, 2.75) is 32.6 Å². The van der Waals surface area contributed by atoms with Gasteiger partial charge >= 0.3 is 5.97 Å². The minimum atomic E-state index is -0.156. The van der Waals surface area contributed by atoms with Crippen LogP contribution >= 0.6 is 24.0 Å². The van der Waals surface area contributed by atoms with Crippen LogP contribution in [0.1, 0.15) is 31.7 Å². The van der Waals surface area contributed by atoms with Crippen molar-refractivity contribution in [1.29, 1.82) is 0 Å². The van der Waals surface area contributed by atoms with Crippen LogP contribution in [0, 0.1) is 0 Å². The Morgan fingerprint density at radius 1 is 1.17 bits per heavy atom. The molecule has 1 aromatic carbocycles. The molecule has 0 fully saturated rings. The topological polar surface area (TPSA) is 62.7 Å². The van der Waals surface area contributed by atoms with Gasteiger partial charge in [-0.2, -0.15) is 0 Å². The number of hydrogen-bond acceptors (Lipinski definition) is 3. The summed E-state index contributed by atoms with van der Waals surface area (Å²) >= 11 is 0. The third kappa shape index (κ3) is 11.0. The number of nitrogens with zero attached hydrogens (tertiary/aromatic N) is 1. The van der Waals surface area contributed by atoms with E-state index in [1.165, 1.54) is 12.7 Å². The maximum absolute atomic E-state index is 11.0. The van der Waals surface area contributed by atoms with Crippen LogP contribution in [0.25, 0.3) is 0 Å². The maximum Gasteiger partial charge on any atom is 0.305 e. The lowest BCUT2D eigenvalue weighted by Gasteiger charge is -2.11. The summed E-state index contributed by atoms with van der Waals surface area (Å²) in [5, 5.41) is 6.55. The monoisotopic (exact) mass is 433 g/mol. The molecular weight excluding hydrogens is 405 g/mol.